The summed E-state index contributed by atoms with van der Waals surface area (Å²) in [6.45, 7) is 7.11. The number of allylic oxidation sites excluding steroid dienone is 2. The topological polar surface area (TPSA) is 90.5 Å². The lowest BCUT2D eigenvalue weighted by Crippen LogP contribution is -2.43. The number of hydrogen-bond donors (Lipinski definition) is 2. The molecule has 3 aliphatic rings. The van der Waals surface area contributed by atoms with E-state index in [0.29, 0.717) is 45.0 Å². The Labute approximate surface area is 269 Å². The van der Waals surface area contributed by atoms with E-state index in [-0.39, 0.29) is 29.6 Å². The van der Waals surface area contributed by atoms with Crippen molar-refractivity contribution in [3.8, 4) is 11.4 Å². The predicted molar refractivity (Wildman–Crippen MR) is 178 cm³/mol. The fourth-order valence-electron chi connectivity index (χ4n) is 6.38. The molecule has 2 aromatic carbocycles. The van der Waals surface area contributed by atoms with E-state index in [0.717, 1.165) is 46.4 Å². The van der Waals surface area contributed by atoms with Gasteiger partial charge in [-0.05, 0) is 77.9 Å². The summed E-state index contributed by atoms with van der Waals surface area (Å²) in [6, 6.07) is 16.2. The van der Waals surface area contributed by atoms with Crippen LogP contribution in [0.3, 0.4) is 0 Å². The molecule has 2 unspecified atom stereocenters. The molecule has 1 aliphatic carbocycles. The molecule has 3 heterocycles. The third-order valence-electron chi connectivity index (χ3n) is 9.04. The van der Waals surface area contributed by atoms with Gasteiger partial charge in [-0.1, -0.05) is 55.1 Å². The number of nitrogens with zero attached hydrogens (tertiary/aromatic N) is 4. The van der Waals surface area contributed by atoms with Crippen LogP contribution in [-0.4, -0.2) is 77.4 Å². The predicted octanol–water partition coefficient (Wildman–Crippen LogP) is 4.85. The van der Waals surface area contributed by atoms with Crippen molar-refractivity contribution < 1.29 is 14.0 Å². The average molecular weight is 619 g/mol. The molecule has 0 bridgehead atoms. The van der Waals surface area contributed by atoms with Gasteiger partial charge < -0.3 is 15.5 Å². The highest BCUT2D eigenvalue weighted by molar-refractivity contribution is 5.83. The summed E-state index contributed by atoms with van der Waals surface area (Å²) in [4.78, 5) is 39.1. The van der Waals surface area contributed by atoms with Gasteiger partial charge in [0.2, 0.25) is 11.8 Å². The Morgan fingerprint density at radius 2 is 1.76 bits per heavy atom. The molecule has 0 radical (unpaired) electrons. The second kappa shape index (κ2) is 14.0. The molecule has 0 saturated carbocycles. The number of hydrogen-bond acceptors (Lipinski definition) is 6. The summed E-state index contributed by atoms with van der Waals surface area (Å²) in [5, 5.41) is 6.40. The van der Waals surface area contributed by atoms with E-state index in [9.17, 15) is 14.0 Å². The minimum atomic E-state index is -0.292. The van der Waals surface area contributed by atoms with Gasteiger partial charge in [-0.2, -0.15) is 0 Å². The van der Waals surface area contributed by atoms with Crippen molar-refractivity contribution in [3.05, 3.63) is 120 Å². The molecule has 0 spiro atoms. The van der Waals surface area contributed by atoms with Gasteiger partial charge in [-0.25, -0.2) is 14.4 Å². The number of benzene rings is 2. The summed E-state index contributed by atoms with van der Waals surface area (Å²) in [5.74, 6) is 0.336. The van der Waals surface area contributed by atoms with Crippen molar-refractivity contribution >= 4 is 23.0 Å². The molecule has 2 atom stereocenters. The maximum atomic E-state index is 13.5. The number of amides is 2. The minimum Gasteiger partial charge on any atom is -0.388 e. The quantitative estimate of drug-likeness (QED) is 0.357. The molecule has 2 amide bonds. The van der Waals surface area contributed by atoms with Crippen LogP contribution in [0, 0.1) is 11.7 Å². The van der Waals surface area contributed by atoms with E-state index >= 15 is 0 Å². The Bertz CT molecular complexity index is 1680. The second-order valence-electron chi connectivity index (χ2n) is 12.0. The van der Waals surface area contributed by atoms with Gasteiger partial charge in [0.25, 0.3) is 0 Å². The van der Waals surface area contributed by atoms with Crippen molar-refractivity contribution in [2.75, 3.05) is 39.8 Å². The molecule has 1 saturated heterocycles. The van der Waals surface area contributed by atoms with Crippen LogP contribution in [0.5, 0.6) is 0 Å². The van der Waals surface area contributed by atoms with Gasteiger partial charge in [0, 0.05) is 50.3 Å². The number of halogens is 1. The van der Waals surface area contributed by atoms with Crippen molar-refractivity contribution in [2.24, 2.45) is 5.92 Å². The summed E-state index contributed by atoms with van der Waals surface area (Å²) in [6.07, 6.45) is 11.7. The first-order chi connectivity index (χ1) is 22.4. The van der Waals surface area contributed by atoms with Gasteiger partial charge >= 0.3 is 0 Å². The number of aromatic nitrogens is 2. The van der Waals surface area contributed by atoms with E-state index in [1.165, 1.54) is 17.7 Å². The molecule has 8 nitrogen and oxygen atoms in total. The lowest BCUT2D eigenvalue weighted by molar-refractivity contribution is -0.132. The molecule has 2 N–H and O–H groups in total. The molecule has 3 aromatic rings. The van der Waals surface area contributed by atoms with Gasteiger partial charge in [-0.15, -0.1) is 0 Å². The smallest absolute Gasteiger partial charge is 0.237 e. The molecular formula is C37H39FN6O2. The van der Waals surface area contributed by atoms with Crippen molar-refractivity contribution in [3.63, 3.8) is 0 Å². The fraction of sp³-hybridized carbons (Fsp3) is 0.297. The maximum Gasteiger partial charge on any atom is 0.237 e. The monoisotopic (exact) mass is 618 g/mol. The Balaban J connectivity index is 0.978. The van der Waals surface area contributed by atoms with Crippen LogP contribution in [0.15, 0.2) is 103 Å². The van der Waals surface area contributed by atoms with Gasteiger partial charge in [-0.3, -0.25) is 14.5 Å². The number of carbonyl (C=O) groups is 2. The van der Waals surface area contributed by atoms with Crippen molar-refractivity contribution in [1.29, 1.82) is 0 Å². The number of carbonyl (C=O) groups excluding carboxylic acids is 2. The zero-order valence-corrected chi connectivity index (χ0v) is 26.1. The number of rotatable bonds is 9. The average Bonchev–Trinajstić information content (AvgIpc) is 3.57. The number of likely N-dealkylation sites (tertiary alicyclic amines) is 1. The van der Waals surface area contributed by atoms with Crippen LogP contribution in [0.4, 0.5) is 4.39 Å². The molecule has 236 valence electrons. The Morgan fingerprint density at radius 3 is 2.46 bits per heavy atom. The molecule has 6 rings (SSSR count). The Morgan fingerprint density at radius 1 is 1.02 bits per heavy atom. The molecule has 1 fully saturated rings. The van der Waals surface area contributed by atoms with Crippen molar-refractivity contribution in [2.45, 2.75) is 25.3 Å². The summed E-state index contributed by atoms with van der Waals surface area (Å²) in [5.41, 5.74) is 6.92. The molecular weight excluding hydrogens is 579 g/mol. The molecule has 46 heavy (non-hydrogen) atoms. The maximum absolute atomic E-state index is 13.5. The van der Waals surface area contributed by atoms with Crippen LogP contribution in [0.2, 0.25) is 0 Å². The van der Waals surface area contributed by atoms with E-state index < -0.39 is 0 Å². The largest absolute Gasteiger partial charge is 0.388 e. The third-order valence-corrected chi connectivity index (χ3v) is 9.04. The first kappa shape index (κ1) is 31.1. The third kappa shape index (κ3) is 7.15. The molecule has 2 aliphatic heterocycles. The highest BCUT2D eigenvalue weighted by Crippen LogP contribution is 2.31. The van der Waals surface area contributed by atoms with Gasteiger partial charge in [0.05, 0.1) is 18.5 Å². The highest BCUT2D eigenvalue weighted by atomic mass is 19.1. The van der Waals surface area contributed by atoms with Crippen LogP contribution in [0.1, 0.15) is 30.4 Å². The fourth-order valence-corrected chi connectivity index (χ4v) is 6.38. The zero-order valence-electron chi connectivity index (χ0n) is 26.1. The minimum absolute atomic E-state index is 0.000330. The molecule has 1 aromatic heterocycles. The van der Waals surface area contributed by atoms with Gasteiger partial charge in [0.1, 0.15) is 5.82 Å². The van der Waals surface area contributed by atoms with E-state index in [1.54, 1.807) is 30.6 Å². The summed E-state index contributed by atoms with van der Waals surface area (Å²) < 4.78 is 13.5. The Kier molecular flexibility index (Phi) is 9.49. The standard InChI is InChI=1S/C37H39FN6O2/c1-25(26-8-10-31(38)11-9-26)33-22-32(12-13-34(33)39-2)42-37(46)30-14-19-43(23-30)24-35(45)44-20-15-28(16-21-44)27-4-6-29(7-5-27)36-40-17-3-18-41-36/h3-13,15,17-18,30,32,39H,1,14,16,19-24H2,2H3,(H,42,46). The van der Waals surface area contributed by atoms with E-state index in [4.69, 9.17) is 0 Å². The first-order valence-corrected chi connectivity index (χ1v) is 15.8. The molecule has 9 heteroatoms. The normalized spacial score (nSPS) is 20.0. The summed E-state index contributed by atoms with van der Waals surface area (Å²) >= 11 is 0. The Hall–Kier alpha value is -4.89. The van der Waals surface area contributed by atoms with E-state index in [2.05, 4.69) is 50.3 Å². The zero-order chi connectivity index (χ0) is 32.0. The van der Waals surface area contributed by atoms with E-state index in [1.807, 2.05) is 36.2 Å². The van der Waals surface area contributed by atoms with Crippen LogP contribution in [-0.2, 0) is 9.59 Å². The number of nitrogens with one attached hydrogen (secondary N) is 2. The lowest BCUT2D eigenvalue weighted by Gasteiger charge is -2.28. The van der Waals surface area contributed by atoms with Gasteiger partial charge in [0.15, 0.2) is 5.82 Å². The first-order valence-electron chi connectivity index (χ1n) is 15.8. The highest BCUT2D eigenvalue weighted by Gasteiger charge is 2.32. The summed E-state index contributed by atoms with van der Waals surface area (Å²) in [7, 11) is 1.85. The van der Waals surface area contributed by atoms with Crippen LogP contribution in [0.25, 0.3) is 22.5 Å². The number of likely N-dealkylation sites (N-methyl/N-ethyl adjacent to an activating group) is 1. The SMILES string of the molecule is C=C(C1=C(NC)C=CC(NC(=O)C2CCN(CC(=O)N3CC=C(c4ccc(-c5ncccn5)cc4)CC3)C2)C1)c1ccc(F)cc1. The second-order valence-corrected chi connectivity index (χ2v) is 12.0. The van der Waals surface area contributed by atoms with Crippen molar-refractivity contribution in [1.82, 2.24) is 30.4 Å². The van der Waals surface area contributed by atoms with Crippen LogP contribution >= 0.6 is 0 Å². The lowest BCUT2D eigenvalue weighted by atomic mass is 9.89. The van der Waals surface area contributed by atoms with Crippen LogP contribution < -0.4 is 10.6 Å².